The maximum absolute atomic E-state index is 10.5. The Morgan fingerprint density at radius 3 is 3.17 bits per heavy atom. The minimum absolute atomic E-state index is 0.774. The van der Waals surface area contributed by atoms with Gasteiger partial charge in [-0.25, -0.2) is 0 Å². The first-order valence-corrected chi connectivity index (χ1v) is 5.37. The Balaban J connectivity index is 2.45. The van der Waals surface area contributed by atoms with Crippen molar-refractivity contribution in [3.8, 4) is 0 Å². The number of aryl methyl sites for hydroxylation is 1. The van der Waals surface area contributed by atoms with E-state index >= 15 is 0 Å². The van der Waals surface area contributed by atoms with Crippen molar-refractivity contribution in [1.29, 1.82) is 0 Å². The van der Waals surface area contributed by atoms with E-state index in [0.29, 0.717) is 0 Å². The monoisotopic (exact) mass is 183 g/mol. The topological polar surface area (TPSA) is 22.0 Å². The van der Waals surface area contributed by atoms with Gasteiger partial charge in [-0.15, -0.1) is 0 Å². The van der Waals surface area contributed by atoms with E-state index in [0.717, 1.165) is 30.7 Å². The summed E-state index contributed by atoms with van der Waals surface area (Å²) in [5.41, 5.74) is 0.774. The Kier molecular flexibility index (Phi) is 3.94. The molecule has 0 N–H and O–H groups in total. The van der Waals surface area contributed by atoms with Gasteiger partial charge in [-0.1, -0.05) is 0 Å². The van der Waals surface area contributed by atoms with Gasteiger partial charge in [0.1, 0.15) is 0 Å². The number of carbonyl (C=O) groups is 1. The number of aromatic nitrogens is 1. The summed E-state index contributed by atoms with van der Waals surface area (Å²) in [5, 5.41) is 0. The van der Waals surface area contributed by atoms with Gasteiger partial charge in [0, 0.05) is 12.7 Å². The second-order valence-electron chi connectivity index (χ2n) is 2.59. The molecule has 0 spiro atoms. The third kappa shape index (κ3) is 2.41. The van der Waals surface area contributed by atoms with Gasteiger partial charge in [-0.2, -0.15) is 11.8 Å². The van der Waals surface area contributed by atoms with Crippen LogP contribution < -0.4 is 0 Å². The maximum atomic E-state index is 10.5. The molecule has 0 saturated carbocycles. The molecular formula is C9H13NOS. The fraction of sp³-hybridized carbons (Fsp3) is 0.444. The van der Waals surface area contributed by atoms with Gasteiger partial charge in [0.05, 0.1) is 5.69 Å². The average Bonchev–Trinajstić information content (AvgIpc) is 2.52. The van der Waals surface area contributed by atoms with Gasteiger partial charge >= 0.3 is 0 Å². The lowest BCUT2D eigenvalue weighted by atomic mass is 10.4. The molecule has 0 aliphatic rings. The minimum Gasteiger partial charge on any atom is -0.345 e. The normalized spacial score (nSPS) is 10.1. The molecule has 1 aromatic rings. The number of hydrogen-bond donors (Lipinski definition) is 0. The van der Waals surface area contributed by atoms with E-state index in [4.69, 9.17) is 0 Å². The largest absolute Gasteiger partial charge is 0.345 e. The number of thioether (sulfide) groups is 1. The number of nitrogens with zero attached hydrogens (tertiary/aromatic N) is 1. The standard InChI is InChI=1S/C9H13NOS/c1-12-7-3-6-10-5-2-4-9(10)8-11/h2,4-5,8H,3,6-7H2,1H3. The molecule has 0 fully saturated rings. The second kappa shape index (κ2) is 5.04. The van der Waals surface area contributed by atoms with Crippen LogP contribution >= 0.6 is 11.8 Å². The summed E-state index contributed by atoms with van der Waals surface area (Å²) in [4.78, 5) is 10.5. The Labute approximate surface area is 77.0 Å². The van der Waals surface area contributed by atoms with E-state index in [1.807, 2.05) is 34.7 Å². The molecule has 1 aromatic heterocycles. The molecule has 2 nitrogen and oxygen atoms in total. The van der Waals surface area contributed by atoms with E-state index in [1.54, 1.807) is 0 Å². The van der Waals surface area contributed by atoms with E-state index in [9.17, 15) is 4.79 Å². The molecule has 0 aliphatic heterocycles. The first-order chi connectivity index (χ1) is 5.88. The lowest BCUT2D eigenvalue weighted by Gasteiger charge is -2.03. The van der Waals surface area contributed by atoms with Gasteiger partial charge in [-0.3, -0.25) is 4.79 Å². The Bertz CT molecular complexity index is 244. The summed E-state index contributed by atoms with van der Waals surface area (Å²) >= 11 is 1.84. The number of carbonyl (C=O) groups excluding carboxylic acids is 1. The maximum Gasteiger partial charge on any atom is 0.166 e. The number of aldehydes is 1. The van der Waals surface area contributed by atoms with Crippen LogP contribution in [0.2, 0.25) is 0 Å². The van der Waals surface area contributed by atoms with Gasteiger partial charge < -0.3 is 4.57 Å². The minimum atomic E-state index is 0.774. The zero-order valence-corrected chi connectivity index (χ0v) is 8.01. The Hall–Kier alpha value is -0.700. The lowest BCUT2D eigenvalue weighted by molar-refractivity contribution is 0.111. The highest BCUT2D eigenvalue weighted by molar-refractivity contribution is 7.98. The van der Waals surface area contributed by atoms with Crippen LogP contribution in [0, 0.1) is 0 Å². The first kappa shape index (κ1) is 9.39. The van der Waals surface area contributed by atoms with Crippen molar-refractivity contribution < 1.29 is 4.79 Å². The smallest absolute Gasteiger partial charge is 0.166 e. The van der Waals surface area contributed by atoms with Crippen LogP contribution in [0.3, 0.4) is 0 Å². The van der Waals surface area contributed by atoms with Crippen molar-refractivity contribution in [3.63, 3.8) is 0 Å². The molecule has 0 aromatic carbocycles. The highest BCUT2D eigenvalue weighted by Gasteiger charge is 1.97. The van der Waals surface area contributed by atoms with Crippen LogP contribution in [-0.2, 0) is 6.54 Å². The molecule has 0 bridgehead atoms. The average molecular weight is 183 g/mol. The Morgan fingerprint density at radius 2 is 2.50 bits per heavy atom. The van der Waals surface area contributed by atoms with Crippen LogP contribution in [0.4, 0.5) is 0 Å². The summed E-state index contributed by atoms with van der Waals surface area (Å²) < 4.78 is 1.99. The van der Waals surface area contributed by atoms with E-state index in [1.165, 1.54) is 0 Å². The first-order valence-electron chi connectivity index (χ1n) is 3.97. The summed E-state index contributed by atoms with van der Waals surface area (Å²) in [5.74, 6) is 1.15. The molecule has 0 aliphatic carbocycles. The van der Waals surface area contributed by atoms with Gasteiger partial charge in [-0.05, 0) is 30.6 Å². The number of hydrogen-bond acceptors (Lipinski definition) is 2. The van der Waals surface area contributed by atoms with E-state index in [2.05, 4.69) is 6.26 Å². The zero-order chi connectivity index (χ0) is 8.81. The molecule has 0 radical (unpaired) electrons. The van der Waals surface area contributed by atoms with Crippen LogP contribution in [-0.4, -0.2) is 22.9 Å². The van der Waals surface area contributed by atoms with Crippen molar-refractivity contribution in [3.05, 3.63) is 24.0 Å². The molecule has 1 heterocycles. The van der Waals surface area contributed by atoms with E-state index in [-0.39, 0.29) is 0 Å². The predicted molar refractivity (Wildman–Crippen MR) is 52.8 cm³/mol. The molecular weight excluding hydrogens is 170 g/mol. The zero-order valence-electron chi connectivity index (χ0n) is 7.19. The summed E-state index contributed by atoms with van der Waals surface area (Å²) in [6.07, 6.45) is 6.07. The fourth-order valence-electron chi connectivity index (χ4n) is 1.12. The number of rotatable bonds is 5. The fourth-order valence-corrected chi connectivity index (χ4v) is 1.53. The van der Waals surface area contributed by atoms with Crippen molar-refractivity contribution in [2.75, 3.05) is 12.0 Å². The second-order valence-corrected chi connectivity index (χ2v) is 3.58. The summed E-state index contributed by atoms with van der Waals surface area (Å²) in [6, 6.07) is 3.74. The quantitative estimate of drug-likeness (QED) is 0.515. The molecule has 0 saturated heterocycles. The molecule has 3 heteroatoms. The van der Waals surface area contributed by atoms with Crippen molar-refractivity contribution in [1.82, 2.24) is 4.57 Å². The summed E-state index contributed by atoms with van der Waals surface area (Å²) in [7, 11) is 0. The van der Waals surface area contributed by atoms with Crippen LogP contribution in [0.1, 0.15) is 16.9 Å². The molecule has 0 unspecified atom stereocenters. The van der Waals surface area contributed by atoms with Crippen LogP contribution in [0.5, 0.6) is 0 Å². The van der Waals surface area contributed by atoms with Crippen LogP contribution in [0.15, 0.2) is 18.3 Å². The predicted octanol–water partition coefficient (Wildman–Crippen LogP) is 2.05. The molecule has 1 rings (SSSR count). The SMILES string of the molecule is CSCCCn1cccc1C=O. The molecule has 12 heavy (non-hydrogen) atoms. The highest BCUT2D eigenvalue weighted by Crippen LogP contribution is 2.03. The van der Waals surface area contributed by atoms with Crippen molar-refractivity contribution in [2.45, 2.75) is 13.0 Å². The summed E-state index contributed by atoms with van der Waals surface area (Å²) in [6.45, 7) is 0.946. The molecule has 66 valence electrons. The van der Waals surface area contributed by atoms with Crippen molar-refractivity contribution in [2.24, 2.45) is 0 Å². The van der Waals surface area contributed by atoms with Crippen molar-refractivity contribution >= 4 is 18.0 Å². The van der Waals surface area contributed by atoms with E-state index < -0.39 is 0 Å². The van der Waals surface area contributed by atoms with Gasteiger partial charge in [0.2, 0.25) is 0 Å². The Morgan fingerprint density at radius 1 is 1.67 bits per heavy atom. The molecule has 0 atom stereocenters. The van der Waals surface area contributed by atoms with Gasteiger partial charge in [0.25, 0.3) is 0 Å². The van der Waals surface area contributed by atoms with Gasteiger partial charge in [0.15, 0.2) is 6.29 Å². The van der Waals surface area contributed by atoms with Crippen LogP contribution in [0.25, 0.3) is 0 Å². The third-order valence-corrected chi connectivity index (χ3v) is 2.43. The highest BCUT2D eigenvalue weighted by atomic mass is 32.2. The third-order valence-electron chi connectivity index (χ3n) is 1.73. The lowest BCUT2D eigenvalue weighted by Crippen LogP contribution is -2.01. The molecule has 0 amide bonds.